The Bertz CT molecular complexity index is 469. The summed E-state index contributed by atoms with van der Waals surface area (Å²) in [4.78, 5) is 17.9. The highest BCUT2D eigenvalue weighted by Gasteiger charge is 2.18. The lowest BCUT2D eigenvalue weighted by Gasteiger charge is -2.31. The molecule has 2 rings (SSSR count). The molecule has 1 saturated heterocycles. The fourth-order valence-corrected chi connectivity index (χ4v) is 2.53. The number of carbonyl (C=O) groups is 1. The third kappa shape index (κ3) is 3.60. The molecule has 0 bridgehead atoms. The van der Waals surface area contributed by atoms with E-state index in [1.807, 2.05) is 0 Å². The number of pyridine rings is 1. The molecule has 1 fully saturated rings. The summed E-state index contributed by atoms with van der Waals surface area (Å²) in [5.74, 6) is 0.782. The maximum atomic E-state index is 11.2. The first-order valence-corrected chi connectivity index (χ1v) is 7.11. The zero-order valence-corrected chi connectivity index (χ0v) is 11.9. The minimum atomic E-state index is -0.524. The number of nitrogens with zero attached hydrogens (tertiary/aromatic N) is 2. The van der Waals surface area contributed by atoms with Crippen molar-refractivity contribution in [3.63, 3.8) is 0 Å². The smallest absolute Gasteiger partial charge is 0.250 e. The van der Waals surface area contributed by atoms with Crippen LogP contribution in [-0.2, 0) is 0 Å². The normalized spacial score (nSPS) is 17.1. The minimum Gasteiger partial charge on any atom is -0.397 e. The van der Waals surface area contributed by atoms with Crippen LogP contribution in [0.2, 0.25) is 0 Å². The van der Waals surface area contributed by atoms with Crippen LogP contribution in [0.5, 0.6) is 0 Å². The lowest BCUT2D eigenvalue weighted by Crippen LogP contribution is -2.35. The maximum Gasteiger partial charge on any atom is 0.250 e. The van der Waals surface area contributed by atoms with Gasteiger partial charge in [-0.1, -0.05) is 6.92 Å². The molecule has 0 aliphatic carbocycles. The van der Waals surface area contributed by atoms with Crippen molar-refractivity contribution in [2.24, 2.45) is 11.7 Å². The lowest BCUT2D eigenvalue weighted by molar-refractivity contribution is 0.100. The molecule has 1 aromatic heterocycles. The van der Waals surface area contributed by atoms with E-state index in [0.717, 1.165) is 26.2 Å². The second-order valence-corrected chi connectivity index (χ2v) is 5.28. The van der Waals surface area contributed by atoms with Crippen LogP contribution < -0.4 is 16.8 Å². The van der Waals surface area contributed by atoms with Crippen LogP contribution >= 0.6 is 0 Å². The summed E-state index contributed by atoms with van der Waals surface area (Å²) in [5.41, 5.74) is 11.6. The molecule has 1 aliphatic rings. The Morgan fingerprint density at radius 2 is 2.20 bits per heavy atom. The third-order valence-electron chi connectivity index (χ3n) is 3.93. The molecular weight excluding hydrogens is 254 g/mol. The Hall–Kier alpha value is -1.82. The number of aromatic nitrogens is 1. The topological polar surface area (TPSA) is 97.3 Å². The van der Waals surface area contributed by atoms with E-state index in [1.165, 1.54) is 19.0 Å². The average Bonchev–Trinajstić information content (AvgIpc) is 2.46. The van der Waals surface area contributed by atoms with Gasteiger partial charge in [0.15, 0.2) is 0 Å². The van der Waals surface area contributed by atoms with Gasteiger partial charge in [0, 0.05) is 6.54 Å². The third-order valence-corrected chi connectivity index (χ3v) is 3.93. The maximum absolute atomic E-state index is 11.2. The van der Waals surface area contributed by atoms with Crippen molar-refractivity contribution in [2.75, 3.05) is 37.2 Å². The molecule has 20 heavy (non-hydrogen) atoms. The predicted octanol–water partition coefficient (Wildman–Crippen LogP) is 0.907. The van der Waals surface area contributed by atoms with Crippen LogP contribution in [0.15, 0.2) is 12.3 Å². The molecular formula is C14H23N5O. The second kappa shape index (κ2) is 6.56. The molecule has 1 aromatic rings. The fraction of sp³-hybridized carbons (Fsp3) is 0.571. The van der Waals surface area contributed by atoms with Gasteiger partial charge in [0.1, 0.15) is 5.82 Å². The molecule has 2 heterocycles. The van der Waals surface area contributed by atoms with Crippen molar-refractivity contribution in [3.05, 3.63) is 17.8 Å². The monoisotopic (exact) mass is 277 g/mol. The zero-order chi connectivity index (χ0) is 14.5. The number of nitrogens with one attached hydrogen (secondary N) is 1. The second-order valence-electron chi connectivity index (χ2n) is 5.28. The highest BCUT2D eigenvalue weighted by Crippen LogP contribution is 2.19. The molecule has 0 radical (unpaired) electrons. The lowest BCUT2D eigenvalue weighted by atomic mass is 9.97. The Morgan fingerprint density at radius 1 is 1.50 bits per heavy atom. The Kier molecular flexibility index (Phi) is 4.79. The van der Waals surface area contributed by atoms with E-state index in [4.69, 9.17) is 11.5 Å². The summed E-state index contributed by atoms with van der Waals surface area (Å²) in [7, 11) is 0. The van der Waals surface area contributed by atoms with Crippen LogP contribution in [0, 0.1) is 5.92 Å². The van der Waals surface area contributed by atoms with Crippen molar-refractivity contribution in [2.45, 2.75) is 19.8 Å². The largest absolute Gasteiger partial charge is 0.397 e. The van der Waals surface area contributed by atoms with Gasteiger partial charge in [-0.15, -0.1) is 0 Å². The number of nitrogens with two attached hydrogens (primary N) is 2. The minimum absolute atomic E-state index is 0.319. The van der Waals surface area contributed by atoms with Crippen molar-refractivity contribution in [1.29, 1.82) is 0 Å². The highest BCUT2D eigenvalue weighted by molar-refractivity contribution is 5.98. The number of amides is 1. The summed E-state index contributed by atoms with van der Waals surface area (Å²) in [6, 6.07) is 1.62. The molecule has 0 saturated carbocycles. The first-order valence-electron chi connectivity index (χ1n) is 7.11. The number of hydrogen-bond acceptors (Lipinski definition) is 5. The van der Waals surface area contributed by atoms with Gasteiger partial charge in [0.05, 0.1) is 17.4 Å². The number of nitrogen functional groups attached to an aromatic ring is 1. The van der Waals surface area contributed by atoms with Crippen molar-refractivity contribution >= 4 is 17.4 Å². The van der Waals surface area contributed by atoms with E-state index >= 15 is 0 Å². The summed E-state index contributed by atoms with van der Waals surface area (Å²) >= 11 is 0. The van der Waals surface area contributed by atoms with Gasteiger partial charge < -0.3 is 21.7 Å². The molecule has 0 spiro atoms. The highest BCUT2D eigenvalue weighted by atomic mass is 16.1. The Balaban J connectivity index is 1.88. The van der Waals surface area contributed by atoms with Crippen LogP contribution in [0.4, 0.5) is 11.5 Å². The van der Waals surface area contributed by atoms with Gasteiger partial charge in [-0.25, -0.2) is 4.98 Å². The number of primary amides is 1. The van der Waals surface area contributed by atoms with Crippen molar-refractivity contribution in [1.82, 2.24) is 9.88 Å². The van der Waals surface area contributed by atoms with E-state index in [9.17, 15) is 4.79 Å². The molecule has 0 unspecified atom stereocenters. The first-order chi connectivity index (χ1) is 9.60. The number of likely N-dealkylation sites (tertiary alicyclic amines) is 1. The molecule has 1 aliphatic heterocycles. The molecule has 0 atom stereocenters. The average molecular weight is 277 g/mol. The summed E-state index contributed by atoms with van der Waals surface area (Å²) in [5, 5.41) is 3.28. The number of hydrogen-bond donors (Lipinski definition) is 3. The quantitative estimate of drug-likeness (QED) is 0.743. The summed E-state index contributed by atoms with van der Waals surface area (Å²) in [6.45, 7) is 6.51. The van der Waals surface area contributed by atoms with Crippen LogP contribution in [0.25, 0.3) is 0 Å². The van der Waals surface area contributed by atoms with Crippen LogP contribution in [-0.4, -0.2) is 42.0 Å². The standard InChI is InChI=1S/C14H23N5O/c1-2-19-5-3-10(4-6-19)8-17-13-7-11(14(16)20)12(15)9-18-13/h7,9-10H,2-6,8,15H2,1H3,(H2,16,20)(H,17,18). The van der Waals surface area contributed by atoms with Crippen molar-refractivity contribution < 1.29 is 4.79 Å². The van der Waals surface area contributed by atoms with E-state index in [1.54, 1.807) is 6.07 Å². The van der Waals surface area contributed by atoms with Gasteiger partial charge in [0.25, 0.3) is 5.91 Å². The van der Waals surface area contributed by atoms with Gasteiger partial charge >= 0.3 is 0 Å². The van der Waals surface area contributed by atoms with E-state index < -0.39 is 5.91 Å². The molecule has 5 N–H and O–H groups in total. The molecule has 1 amide bonds. The van der Waals surface area contributed by atoms with E-state index in [0.29, 0.717) is 23.0 Å². The Morgan fingerprint density at radius 3 is 2.80 bits per heavy atom. The van der Waals surface area contributed by atoms with Gasteiger partial charge in [-0.05, 0) is 44.5 Å². The van der Waals surface area contributed by atoms with Crippen molar-refractivity contribution in [3.8, 4) is 0 Å². The number of anilines is 2. The molecule has 110 valence electrons. The predicted molar refractivity (Wildman–Crippen MR) is 80.5 cm³/mol. The van der Waals surface area contributed by atoms with Gasteiger partial charge in [-0.3, -0.25) is 4.79 Å². The zero-order valence-electron chi connectivity index (χ0n) is 11.9. The Labute approximate surface area is 119 Å². The fourth-order valence-electron chi connectivity index (χ4n) is 2.53. The van der Waals surface area contributed by atoms with E-state index in [-0.39, 0.29) is 0 Å². The first kappa shape index (κ1) is 14.6. The van der Waals surface area contributed by atoms with E-state index in [2.05, 4.69) is 22.1 Å². The van der Waals surface area contributed by atoms with Crippen LogP contribution in [0.1, 0.15) is 30.1 Å². The molecule has 6 nitrogen and oxygen atoms in total. The number of rotatable bonds is 5. The number of carbonyl (C=O) groups excluding carboxylic acids is 1. The van der Waals surface area contributed by atoms with Gasteiger partial charge in [0.2, 0.25) is 0 Å². The molecule has 6 heteroatoms. The number of piperidine rings is 1. The molecule has 0 aromatic carbocycles. The summed E-state index contributed by atoms with van der Waals surface area (Å²) in [6.07, 6.45) is 3.86. The summed E-state index contributed by atoms with van der Waals surface area (Å²) < 4.78 is 0. The SMILES string of the molecule is CCN1CCC(CNc2cc(C(N)=O)c(N)cn2)CC1. The van der Waals surface area contributed by atoms with Crippen LogP contribution in [0.3, 0.4) is 0 Å². The van der Waals surface area contributed by atoms with Gasteiger partial charge in [-0.2, -0.15) is 0 Å².